The van der Waals surface area contributed by atoms with Gasteiger partial charge in [-0.3, -0.25) is 4.18 Å². The molecule has 7 heteroatoms. The van der Waals surface area contributed by atoms with E-state index in [0.717, 1.165) is 12.8 Å². The predicted molar refractivity (Wildman–Crippen MR) is 73.3 cm³/mol. The summed E-state index contributed by atoms with van der Waals surface area (Å²) < 4.78 is 28.3. The number of hydrogen-bond donors (Lipinski definition) is 1. The third-order valence-electron chi connectivity index (χ3n) is 1.91. The molecule has 0 amide bonds. The number of hydrogen-bond acceptors (Lipinski definition) is 6. The second kappa shape index (κ2) is 8.20. The predicted octanol–water partition coefficient (Wildman–Crippen LogP) is 1.94. The number of rotatable bonds is 8. The molecule has 0 bridgehead atoms. The molecule has 0 heterocycles. The highest BCUT2D eigenvalue weighted by Gasteiger charge is 2.16. The zero-order valence-electron chi connectivity index (χ0n) is 9.37. The van der Waals surface area contributed by atoms with Gasteiger partial charge in [0, 0.05) is 11.5 Å². The van der Waals surface area contributed by atoms with Crippen molar-refractivity contribution in [2.24, 2.45) is 0 Å². The minimum Gasteiger partial charge on any atom is -0.395 e. The molecule has 1 aliphatic carbocycles. The van der Waals surface area contributed by atoms with Crippen LogP contribution in [0.2, 0.25) is 0 Å². The van der Waals surface area contributed by atoms with Crippen LogP contribution < -0.4 is 0 Å². The van der Waals surface area contributed by atoms with Crippen LogP contribution in [0.1, 0.15) is 12.8 Å². The van der Waals surface area contributed by atoms with E-state index in [9.17, 15) is 8.42 Å². The van der Waals surface area contributed by atoms with Crippen molar-refractivity contribution in [2.45, 2.75) is 12.8 Å². The van der Waals surface area contributed by atoms with E-state index < -0.39 is 10.1 Å². The molecule has 4 nitrogen and oxygen atoms in total. The second-order valence-electron chi connectivity index (χ2n) is 3.23. The zero-order valence-corrected chi connectivity index (χ0v) is 11.8. The molecule has 1 aliphatic rings. The van der Waals surface area contributed by atoms with Gasteiger partial charge in [0.05, 0.1) is 18.1 Å². The Kier molecular flexibility index (Phi) is 7.29. The van der Waals surface area contributed by atoms with Crippen molar-refractivity contribution in [1.29, 1.82) is 0 Å². The van der Waals surface area contributed by atoms with Crippen LogP contribution in [-0.2, 0) is 14.3 Å². The van der Waals surface area contributed by atoms with Gasteiger partial charge in [0.25, 0.3) is 10.1 Å². The molecular weight excluding hydrogens is 280 g/mol. The summed E-state index contributed by atoms with van der Waals surface area (Å²) in [7, 11) is -0.576. The maximum Gasteiger partial charge on any atom is 0.296 e. The van der Waals surface area contributed by atoms with Crippen molar-refractivity contribution < 1.29 is 17.7 Å². The fraction of sp³-hybridized carbons (Fsp3) is 0.600. The fourth-order valence-corrected chi connectivity index (χ4v) is 3.90. The topological polar surface area (TPSA) is 63.6 Å². The Morgan fingerprint density at radius 2 is 2.06 bits per heavy atom. The van der Waals surface area contributed by atoms with Crippen LogP contribution in [0, 0.1) is 0 Å². The van der Waals surface area contributed by atoms with Crippen LogP contribution in [0.5, 0.6) is 0 Å². The first-order valence-electron chi connectivity index (χ1n) is 5.28. The van der Waals surface area contributed by atoms with Gasteiger partial charge >= 0.3 is 0 Å². The molecule has 17 heavy (non-hydrogen) atoms. The Morgan fingerprint density at radius 3 is 2.71 bits per heavy atom. The first-order chi connectivity index (χ1) is 8.17. The molecule has 0 spiro atoms. The van der Waals surface area contributed by atoms with E-state index in [1.807, 2.05) is 6.08 Å². The molecule has 1 rings (SSSR count). The highest BCUT2D eigenvalue weighted by atomic mass is 33.1. The van der Waals surface area contributed by atoms with Crippen molar-refractivity contribution in [1.82, 2.24) is 0 Å². The summed E-state index contributed by atoms with van der Waals surface area (Å²) in [6.07, 6.45) is 6.74. The molecule has 1 N–H and O–H groups in total. The summed E-state index contributed by atoms with van der Waals surface area (Å²) >= 11 is 0. The van der Waals surface area contributed by atoms with Crippen molar-refractivity contribution >= 4 is 31.7 Å². The monoisotopic (exact) mass is 296 g/mol. The van der Waals surface area contributed by atoms with E-state index in [2.05, 4.69) is 0 Å². The van der Waals surface area contributed by atoms with Gasteiger partial charge in [0.1, 0.15) is 0 Å². The second-order valence-corrected chi connectivity index (χ2v) is 7.55. The lowest BCUT2D eigenvalue weighted by molar-refractivity contribution is 0.323. The molecular formula is C10H16O4S3. The average Bonchev–Trinajstić information content (AvgIpc) is 2.35. The number of allylic oxidation sites excluding steroid dienone is 3. The lowest BCUT2D eigenvalue weighted by Gasteiger charge is -2.08. The fourth-order valence-electron chi connectivity index (χ4n) is 1.18. The van der Waals surface area contributed by atoms with Gasteiger partial charge in [-0.15, -0.1) is 0 Å². The molecule has 0 atom stereocenters. The summed E-state index contributed by atoms with van der Waals surface area (Å²) in [5, 5.41) is 8.55. The first-order valence-corrected chi connectivity index (χ1v) is 9.18. The number of aliphatic hydroxyl groups excluding tert-OH is 1. The van der Waals surface area contributed by atoms with Gasteiger partial charge in [0.2, 0.25) is 0 Å². The van der Waals surface area contributed by atoms with Crippen LogP contribution in [0.25, 0.3) is 0 Å². The number of aliphatic hydroxyl groups is 1. The lowest BCUT2D eigenvalue weighted by atomic mass is 10.2. The van der Waals surface area contributed by atoms with E-state index in [0.29, 0.717) is 11.5 Å². The summed E-state index contributed by atoms with van der Waals surface area (Å²) in [5.41, 5.74) is 0. The van der Waals surface area contributed by atoms with Crippen LogP contribution >= 0.6 is 21.6 Å². The van der Waals surface area contributed by atoms with E-state index >= 15 is 0 Å². The quantitative estimate of drug-likeness (QED) is 0.419. The summed E-state index contributed by atoms with van der Waals surface area (Å²) in [4.78, 5) is 0.261. The molecule has 0 aromatic rings. The van der Waals surface area contributed by atoms with E-state index in [-0.39, 0.29) is 18.1 Å². The average molecular weight is 296 g/mol. The third-order valence-corrected chi connectivity index (χ3v) is 5.62. The van der Waals surface area contributed by atoms with Gasteiger partial charge < -0.3 is 5.11 Å². The maximum absolute atomic E-state index is 11.7. The Labute approximate surface area is 110 Å². The molecule has 0 aromatic heterocycles. The smallest absolute Gasteiger partial charge is 0.296 e. The molecule has 0 fully saturated rings. The molecule has 0 aliphatic heterocycles. The summed E-state index contributed by atoms with van der Waals surface area (Å²) in [6, 6.07) is 0. The van der Waals surface area contributed by atoms with Gasteiger partial charge in [0.15, 0.2) is 0 Å². The standard InChI is InChI=1S/C10H16O4S3/c11-6-8-15-16-9-7-14-17(12,13)10-4-2-1-3-5-10/h2,4-5,11H,1,3,6-9H2. The largest absolute Gasteiger partial charge is 0.395 e. The highest BCUT2D eigenvalue weighted by Crippen LogP contribution is 2.21. The SMILES string of the molecule is O=S(=O)(OCCSSCCO)C1=CCCC=C1. The summed E-state index contributed by atoms with van der Waals surface area (Å²) in [6.45, 7) is 0.297. The lowest BCUT2D eigenvalue weighted by Crippen LogP contribution is -2.10. The van der Waals surface area contributed by atoms with Crippen LogP contribution in [-0.4, -0.2) is 38.2 Å². The van der Waals surface area contributed by atoms with E-state index in [1.54, 1.807) is 12.2 Å². The molecule has 0 radical (unpaired) electrons. The Morgan fingerprint density at radius 1 is 1.29 bits per heavy atom. The maximum atomic E-state index is 11.7. The van der Waals surface area contributed by atoms with Crippen LogP contribution in [0.3, 0.4) is 0 Å². The van der Waals surface area contributed by atoms with Gasteiger partial charge in [-0.25, -0.2) is 0 Å². The van der Waals surface area contributed by atoms with Gasteiger partial charge in [-0.2, -0.15) is 8.42 Å². The molecule has 0 saturated carbocycles. The first kappa shape index (κ1) is 15.1. The minimum atomic E-state index is -3.57. The third kappa shape index (κ3) is 5.96. The summed E-state index contributed by atoms with van der Waals surface area (Å²) in [5.74, 6) is 1.23. The molecule has 0 saturated heterocycles. The van der Waals surface area contributed by atoms with Gasteiger partial charge in [-0.1, -0.05) is 33.7 Å². The van der Waals surface area contributed by atoms with Gasteiger partial charge in [-0.05, 0) is 18.9 Å². The Bertz CT molecular complexity index is 373. The zero-order chi connectivity index (χ0) is 12.6. The van der Waals surface area contributed by atoms with Crippen molar-refractivity contribution in [3.8, 4) is 0 Å². The molecule has 0 unspecified atom stereocenters. The van der Waals surface area contributed by atoms with Crippen molar-refractivity contribution in [2.75, 3.05) is 24.7 Å². The van der Waals surface area contributed by atoms with E-state index in [1.165, 1.54) is 21.6 Å². The van der Waals surface area contributed by atoms with E-state index in [4.69, 9.17) is 9.29 Å². The van der Waals surface area contributed by atoms with Crippen LogP contribution in [0.15, 0.2) is 23.1 Å². The van der Waals surface area contributed by atoms with Crippen molar-refractivity contribution in [3.05, 3.63) is 23.1 Å². The normalized spacial score (nSPS) is 15.9. The Balaban J connectivity index is 2.25. The molecule has 98 valence electrons. The highest BCUT2D eigenvalue weighted by molar-refractivity contribution is 8.76. The Hall–Kier alpha value is 0.0500. The van der Waals surface area contributed by atoms with Crippen molar-refractivity contribution in [3.63, 3.8) is 0 Å². The minimum absolute atomic E-state index is 0.133. The van der Waals surface area contributed by atoms with Crippen LogP contribution in [0.4, 0.5) is 0 Å². The molecule has 0 aromatic carbocycles.